The molecule has 0 amide bonds. The lowest BCUT2D eigenvalue weighted by Crippen LogP contribution is -2.38. The Morgan fingerprint density at radius 2 is 1.32 bits per heavy atom. The average molecular weight is 255 g/mol. The van der Waals surface area contributed by atoms with Gasteiger partial charge in [-0.3, -0.25) is 0 Å². The molecule has 2 N–H and O–H groups in total. The predicted molar refractivity (Wildman–Crippen MR) is 78.9 cm³/mol. The van der Waals surface area contributed by atoms with Crippen LogP contribution in [-0.2, 0) is 4.74 Å². The molecule has 0 bridgehead atoms. The van der Waals surface area contributed by atoms with Crippen molar-refractivity contribution in [1.29, 1.82) is 0 Å². The van der Waals surface area contributed by atoms with Crippen LogP contribution in [-0.4, -0.2) is 12.1 Å². The van der Waals surface area contributed by atoms with Gasteiger partial charge in [0.25, 0.3) is 0 Å². The van der Waals surface area contributed by atoms with E-state index in [2.05, 4.69) is 24.3 Å². The summed E-state index contributed by atoms with van der Waals surface area (Å²) in [6.45, 7) is 4.46. The number of hydrogen-bond donors (Lipinski definition) is 1. The lowest BCUT2D eigenvalue weighted by atomic mass is 10.0. The fourth-order valence-electron chi connectivity index (χ4n) is 1.94. The third kappa shape index (κ3) is 4.19. The Bertz CT molecular complexity index is 448. The normalized spacial score (nSPS) is 11.8. The van der Waals surface area contributed by atoms with Gasteiger partial charge >= 0.3 is 0 Å². The van der Waals surface area contributed by atoms with Gasteiger partial charge in [-0.05, 0) is 25.0 Å². The molecule has 0 radical (unpaired) electrons. The minimum absolute atomic E-state index is 0.0646. The summed E-state index contributed by atoms with van der Waals surface area (Å²) in [5.74, 6) is 0. The van der Waals surface area contributed by atoms with Crippen LogP contribution in [0.4, 0.5) is 0 Å². The van der Waals surface area contributed by atoms with Crippen molar-refractivity contribution in [3.05, 3.63) is 71.8 Å². The third-order valence-corrected chi connectivity index (χ3v) is 2.83. The Balaban J connectivity index is 2.24. The second-order valence-corrected chi connectivity index (χ2v) is 5.50. The monoisotopic (exact) mass is 255 g/mol. The zero-order chi connectivity index (χ0) is 13.7. The van der Waals surface area contributed by atoms with Gasteiger partial charge in [-0.15, -0.1) is 0 Å². The highest BCUT2D eigenvalue weighted by molar-refractivity contribution is 5.29. The summed E-state index contributed by atoms with van der Waals surface area (Å²) < 4.78 is 6.05. The minimum Gasteiger partial charge on any atom is -0.367 e. The molecule has 0 spiro atoms. The van der Waals surface area contributed by atoms with Gasteiger partial charge in [-0.25, -0.2) is 0 Å². The number of rotatable bonds is 5. The van der Waals surface area contributed by atoms with Gasteiger partial charge in [0, 0.05) is 5.54 Å². The second kappa shape index (κ2) is 6.00. The van der Waals surface area contributed by atoms with Crippen LogP contribution in [0.3, 0.4) is 0 Å². The second-order valence-electron chi connectivity index (χ2n) is 5.50. The maximum atomic E-state index is 6.05. The first-order valence-corrected chi connectivity index (χ1v) is 6.57. The van der Waals surface area contributed by atoms with E-state index in [0.29, 0.717) is 6.61 Å². The Morgan fingerprint density at radius 3 is 1.68 bits per heavy atom. The van der Waals surface area contributed by atoms with Crippen LogP contribution in [0.5, 0.6) is 0 Å². The zero-order valence-corrected chi connectivity index (χ0v) is 11.5. The van der Waals surface area contributed by atoms with Crippen LogP contribution < -0.4 is 5.73 Å². The topological polar surface area (TPSA) is 35.2 Å². The SMILES string of the molecule is CC(C)(N)COC(c1ccccc1)c1ccccc1. The minimum atomic E-state index is -0.332. The summed E-state index contributed by atoms with van der Waals surface area (Å²) in [6, 6.07) is 20.5. The lowest BCUT2D eigenvalue weighted by Gasteiger charge is -2.25. The summed E-state index contributed by atoms with van der Waals surface area (Å²) in [5.41, 5.74) is 7.99. The van der Waals surface area contributed by atoms with Crippen LogP contribution in [0.15, 0.2) is 60.7 Å². The van der Waals surface area contributed by atoms with Crippen molar-refractivity contribution in [2.45, 2.75) is 25.5 Å². The molecule has 0 unspecified atom stereocenters. The molecule has 2 heteroatoms. The highest BCUT2D eigenvalue weighted by Gasteiger charge is 2.18. The van der Waals surface area contributed by atoms with Crippen molar-refractivity contribution in [3.63, 3.8) is 0 Å². The average Bonchev–Trinajstić information content (AvgIpc) is 2.40. The molecule has 2 rings (SSSR count). The van der Waals surface area contributed by atoms with E-state index in [1.54, 1.807) is 0 Å². The van der Waals surface area contributed by atoms with Gasteiger partial charge < -0.3 is 10.5 Å². The zero-order valence-electron chi connectivity index (χ0n) is 11.5. The first-order chi connectivity index (χ1) is 9.06. The lowest BCUT2D eigenvalue weighted by molar-refractivity contribution is 0.0504. The van der Waals surface area contributed by atoms with E-state index in [4.69, 9.17) is 10.5 Å². The van der Waals surface area contributed by atoms with Gasteiger partial charge in [0.15, 0.2) is 0 Å². The molecule has 2 aromatic carbocycles. The van der Waals surface area contributed by atoms with Crippen molar-refractivity contribution < 1.29 is 4.74 Å². The molecule has 0 atom stereocenters. The van der Waals surface area contributed by atoms with E-state index in [1.807, 2.05) is 50.2 Å². The fourth-order valence-corrected chi connectivity index (χ4v) is 1.94. The Kier molecular flexibility index (Phi) is 4.35. The molecule has 0 saturated heterocycles. The van der Waals surface area contributed by atoms with E-state index >= 15 is 0 Å². The van der Waals surface area contributed by atoms with Crippen molar-refractivity contribution in [3.8, 4) is 0 Å². The number of benzene rings is 2. The molecule has 100 valence electrons. The van der Waals surface area contributed by atoms with Crippen molar-refractivity contribution in [1.82, 2.24) is 0 Å². The first-order valence-electron chi connectivity index (χ1n) is 6.57. The van der Waals surface area contributed by atoms with E-state index in [-0.39, 0.29) is 11.6 Å². The largest absolute Gasteiger partial charge is 0.367 e. The quantitative estimate of drug-likeness (QED) is 0.887. The number of nitrogens with two attached hydrogens (primary N) is 1. The maximum Gasteiger partial charge on any atom is 0.108 e. The van der Waals surface area contributed by atoms with Gasteiger partial charge in [0.1, 0.15) is 6.10 Å². The molecule has 0 fully saturated rings. The Labute approximate surface area is 115 Å². The molecule has 2 aromatic rings. The van der Waals surface area contributed by atoms with Gasteiger partial charge in [0.05, 0.1) is 6.61 Å². The standard InChI is InChI=1S/C17H21NO/c1-17(2,18)13-19-16(14-9-5-3-6-10-14)15-11-7-4-8-12-15/h3-12,16H,13,18H2,1-2H3. The van der Waals surface area contributed by atoms with Crippen LogP contribution in [0, 0.1) is 0 Å². The molecule has 0 aromatic heterocycles. The predicted octanol–water partition coefficient (Wildman–Crippen LogP) is 3.53. The molecule has 0 aliphatic carbocycles. The van der Waals surface area contributed by atoms with Gasteiger partial charge in [-0.1, -0.05) is 60.7 Å². The number of ether oxygens (including phenoxy) is 1. The molecule has 0 aliphatic heterocycles. The van der Waals surface area contributed by atoms with E-state index < -0.39 is 0 Å². The summed E-state index contributed by atoms with van der Waals surface area (Å²) in [5, 5.41) is 0. The molecular formula is C17H21NO. The van der Waals surface area contributed by atoms with Crippen LogP contribution in [0.1, 0.15) is 31.1 Å². The summed E-state index contributed by atoms with van der Waals surface area (Å²) in [7, 11) is 0. The summed E-state index contributed by atoms with van der Waals surface area (Å²) >= 11 is 0. The van der Waals surface area contributed by atoms with Gasteiger partial charge in [0.2, 0.25) is 0 Å². The molecule has 2 nitrogen and oxygen atoms in total. The summed E-state index contributed by atoms with van der Waals surface area (Å²) in [4.78, 5) is 0. The molecular weight excluding hydrogens is 234 g/mol. The summed E-state index contributed by atoms with van der Waals surface area (Å²) in [6.07, 6.45) is -0.0646. The van der Waals surface area contributed by atoms with Gasteiger partial charge in [-0.2, -0.15) is 0 Å². The highest BCUT2D eigenvalue weighted by atomic mass is 16.5. The third-order valence-electron chi connectivity index (χ3n) is 2.83. The Hall–Kier alpha value is -1.64. The molecule has 0 heterocycles. The van der Waals surface area contributed by atoms with Crippen molar-refractivity contribution in [2.75, 3.05) is 6.61 Å². The van der Waals surface area contributed by atoms with E-state index in [0.717, 1.165) is 11.1 Å². The molecule has 19 heavy (non-hydrogen) atoms. The molecule has 0 aliphatic rings. The van der Waals surface area contributed by atoms with E-state index in [1.165, 1.54) is 0 Å². The maximum absolute atomic E-state index is 6.05. The first kappa shape index (κ1) is 13.8. The number of hydrogen-bond acceptors (Lipinski definition) is 2. The van der Waals surface area contributed by atoms with Crippen molar-refractivity contribution >= 4 is 0 Å². The van der Waals surface area contributed by atoms with Crippen LogP contribution in [0.2, 0.25) is 0 Å². The van der Waals surface area contributed by atoms with Crippen LogP contribution >= 0.6 is 0 Å². The smallest absolute Gasteiger partial charge is 0.108 e. The van der Waals surface area contributed by atoms with Crippen LogP contribution in [0.25, 0.3) is 0 Å². The highest BCUT2D eigenvalue weighted by Crippen LogP contribution is 2.26. The fraction of sp³-hybridized carbons (Fsp3) is 0.294. The van der Waals surface area contributed by atoms with Crippen molar-refractivity contribution in [2.24, 2.45) is 5.73 Å². The molecule has 0 saturated carbocycles. The Morgan fingerprint density at radius 1 is 0.895 bits per heavy atom. The van der Waals surface area contributed by atoms with E-state index in [9.17, 15) is 0 Å².